The van der Waals surface area contributed by atoms with E-state index in [1.54, 1.807) is 0 Å². The van der Waals surface area contributed by atoms with Gasteiger partial charge in [0.2, 0.25) is 0 Å². The highest BCUT2D eigenvalue weighted by atomic mass is 16.2. The van der Waals surface area contributed by atoms with Crippen molar-refractivity contribution in [2.24, 2.45) is 0 Å². The predicted octanol–water partition coefficient (Wildman–Crippen LogP) is 0.293. The second-order valence-corrected chi connectivity index (χ2v) is 5.53. The molecule has 94 valence electrons. The van der Waals surface area contributed by atoms with Crippen LogP contribution in [-0.2, 0) is 4.79 Å². The normalized spacial score (nSPS) is 29.0. The van der Waals surface area contributed by atoms with Gasteiger partial charge in [0.25, 0.3) is 0 Å². The van der Waals surface area contributed by atoms with Crippen LogP contribution >= 0.6 is 0 Å². The molecule has 0 aliphatic carbocycles. The summed E-state index contributed by atoms with van der Waals surface area (Å²) < 4.78 is 0.501. The van der Waals surface area contributed by atoms with Gasteiger partial charge in [-0.05, 0) is 27.1 Å². The third-order valence-electron chi connectivity index (χ3n) is 3.68. The maximum absolute atomic E-state index is 12.4. The van der Waals surface area contributed by atoms with Crippen molar-refractivity contribution in [1.29, 1.82) is 0 Å². The molecule has 1 fully saturated rings. The van der Waals surface area contributed by atoms with E-state index < -0.39 is 0 Å². The number of carbonyl (C=O) groups is 1. The summed E-state index contributed by atoms with van der Waals surface area (Å²) in [7, 11) is 8.00. The Morgan fingerprint density at radius 2 is 2.12 bits per heavy atom. The SMILES string of the molecule is CCCN(C)CC1(NC)CC[N+](C)(C)C1=O. The minimum atomic E-state index is -0.340. The lowest BCUT2D eigenvalue weighted by molar-refractivity contribution is -0.805. The molecule has 1 atom stereocenters. The first kappa shape index (κ1) is 13.6. The summed E-state index contributed by atoms with van der Waals surface area (Å²) in [4.78, 5) is 14.7. The molecule has 4 heteroatoms. The lowest BCUT2D eigenvalue weighted by Gasteiger charge is -2.31. The molecule has 0 aromatic heterocycles. The number of likely N-dealkylation sites (tertiary alicyclic amines) is 1. The van der Waals surface area contributed by atoms with Gasteiger partial charge in [0.15, 0.2) is 5.54 Å². The molecule has 1 rings (SSSR count). The van der Waals surface area contributed by atoms with Gasteiger partial charge in [-0.2, -0.15) is 0 Å². The number of rotatable bonds is 5. The van der Waals surface area contributed by atoms with E-state index in [0.717, 1.165) is 32.5 Å². The van der Waals surface area contributed by atoms with E-state index in [2.05, 4.69) is 24.2 Å². The summed E-state index contributed by atoms with van der Waals surface area (Å²) in [5, 5.41) is 3.27. The number of hydrogen-bond acceptors (Lipinski definition) is 3. The Balaban J connectivity index is 2.76. The first-order valence-electron chi connectivity index (χ1n) is 6.13. The van der Waals surface area contributed by atoms with Crippen LogP contribution in [0.4, 0.5) is 0 Å². The molecule has 0 saturated carbocycles. The van der Waals surface area contributed by atoms with E-state index in [9.17, 15) is 4.79 Å². The van der Waals surface area contributed by atoms with Crippen LogP contribution in [0.1, 0.15) is 19.8 Å². The molecule has 1 heterocycles. The summed E-state index contributed by atoms with van der Waals surface area (Å²) in [6.45, 7) is 4.96. The van der Waals surface area contributed by atoms with Crippen molar-refractivity contribution >= 4 is 5.91 Å². The van der Waals surface area contributed by atoms with Crippen molar-refractivity contribution in [2.75, 3.05) is 47.8 Å². The molecular weight excluding hydrogens is 202 g/mol. The van der Waals surface area contributed by atoms with Gasteiger partial charge in [0, 0.05) is 13.0 Å². The van der Waals surface area contributed by atoms with Gasteiger partial charge in [-0.3, -0.25) is 4.48 Å². The van der Waals surface area contributed by atoms with E-state index in [0.29, 0.717) is 10.4 Å². The predicted molar refractivity (Wildman–Crippen MR) is 66.2 cm³/mol. The Kier molecular flexibility index (Phi) is 4.10. The van der Waals surface area contributed by atoms with Gasteiger partial charge in [-0.1, -0.05) is 6.92 Å². The Bertz CT molecular complexity index is 265. The standard InChI is InChI=1S/C12H26N3O/c1-6-8-14(3)10-12(13-2)7-9-15(4,5)11(12)16/h13H,6-10H2,1-5H3/q+1. The molecule has 0 bridgehead atoms. The van der Waals surface area contributed by atoms with Crippen LogP contribution in [-0.4, -0.2) is 68.7 Å². The zero-order valence-electron chi connectivity index (χ0n) is 11.3. The lowest BCUT2D eigenvalue weighted by atomic mass is 9.97. The quantitative estimate of drug-likeness (QED) is 0.687. The smallest absolute Gasteiger partial charge is 0.304 e. The van der Waals surface area contributed by atoms with Gasteiger partial charge < -0.3 is 10.2 Å². The largest absolute Gasteiger partial charge is 0.335 e. The molecule has 0 spiro atoms. The van der Waals surface area contributed by atoms with Crippen molar-refractivity contribution in [3.05, 3.63) is 0 Å². The van der Waals surface area contributed by atoms with Crippen LogP contribution < -0.4 is 5.32 Å². The minimum Gasteiger partial charge on any atom is -0.304 e. The molecular formula is C12H26N3O+. The number of nitrogens with one attached hydrogen (secondary N) is 1. The van der Waals surface area contributed by atoms with Crippen molar-refractivity contribution in [3.63, 3.8) is 0 Å². The Labute approximate surface area is 99.2 Å². The van der Waals surface area contributed by atoms with E-state index in [1.807, 2.05) is 21.1 Å². The fourth-order valence-corrected chi connectivity index (χ4v) is 2.64. The van der Waals surface area contributed by atoms with Crippen molar-refractivity contribution in [3.8, 4) is 0 Å². The third kappa shape index (κ3) is 2.44. The fourth-order valence-electron chi connectivity index (χ4n) is 2.64. The Morgan fingerprint density at radius 3 is 2.50 bits per heavy atom. The molecule has 1 saturated heterocycles. The van der Waals surface area contributed by atoms with Crippen molar-refractivity contribution in [1.82, 2.24) is 10.2 Å². The molecule has 4 nitrogen and oxygen atoms in total. The van der Waals surface area contributed by atoms with Crippen LogP contribution in [0, 0.1) is 0 Å². The molecule has 1 aliphatic rings. The van der Waals surface area contributed by atoms with Gasteiger partial charge in [-0.25, -0.2) is 4.79 Å². The monoisotopic (exact) mass is 228 g/mol. The van der Waals surface area contributed by atoms with Crippen LogP contribution in [0.3, 0.4) is 0 Å². The van der Waals surface area contributed by atoms with Crippen molar-refractivity contribution in [2.45, 2.75) is 25.3 Å². The van der Waals surface area contributed by atoms with E-state index in [4.69, 9.17) is 0 Å². The molecule has 1 aliphatic heterocycles. The minimum absolute atomic E-state index is 0.318. The van der Waals surface area contributed by atoms with Gasteiger partial charge in [0.1, 0.15) is 0 Å². The average Bonchev–Trinajstić information content (AvgIpc) is 2.44. The van der Waals surface area contributed by atoms with Crippen LogP contribution in [0.5, 0.6) is 0 Å². The summed E-state index contributed by atoms with van der Waals surface area (Å²) in [5.41, 5.74) is -0.340. The molecule has 1 unspecified atom stereocenters. The molecule has 0 aromatic rings. The second-order valence-electron chi connectivity index (χ2n) is 5.53. The third-order valence-corrected chi connectivity index (χ3v) is 3.68. The fraction of sp³-hybridized carbons (Fsp3) is 0.917. The molecule has 0 aromatic carbocycles. The van der Waals surface area contributed by atoms with Crippen LogP contribution in [0.15, 0.2) is 0 Å². The highest BCUT2D eigenvalue weighted by Gasteiger charge is 2.53. The molecule has 1 N–H and O–H groups in total. The molecule has 0 radical (unpaired) electrons. The first-order chi connectivity index (χ1) is 7.38. The number of carbonyl (C=O) groups excluding carboxylic acids is 1. The average molecular weight is 228 g/mol. The lowest BCUT2D eigenvalue weighted by Crippen LogP contribution is -2.59. The highest BCUT2D eigenvalue weighted by molar-refractivity contribution is 5.82. The van der Waals surface area contributed by atoms with E-state index >= 15 is 0 Å². The number of quaternary nitrogens is 1. The van der Waals surface area contributed by atoms with Crippen LogP contribution in [0.2, 0.25) is 0 Å². The zero-order valence-corrected chi connectivity index (χ0v) is 11.3. The summed E-state index contributed by atoms with van der Waals surface area (Å²) in [6, 6.07) is 0. The molecule has 1 amide bonds. The number of nitrogens with zero attached hydrogens (tertiary/aromatic N) is 2. The first-order valence-corrected chi connectivity index (χ1v) is 6.13. The maximum Gasteiger partial charge on any atom is 0.335 e. The van der Waals surface area contributed by atoms with Crippen molar-refractivity contribution < 1.29 is 9.28 Å². The highest BCUT2D eigenvalue weighted by Crippen LogP contribution is 2.27. The Hall–Kier alpha value is -0.450. The van der Waals surface area contributed by atoms with Crippen LogP contribution in [0.25, 0.3) is 0 Å². The number of likely N-dealkylation sites (N-methyl/N-ethyl adjacent to an activating group) is 3. The van der Waals surface area contributed by atoms with Gasteiger partial charge in [0.05, 0.1) is 20.6 Å². The molecule has 16 heavy (non-hydrogen) atoms. The number of amides is 1. The Morgan fingerprint density at radius 1 is 1.50 bits per heavy atom. The summed E-state index contributed by atoms with van der Waals surface area (Å²) >= 11 is 0. The zero-order chi connectivity index (χ0) is 12.4. The second kappa shape index (κ2) is 4.82. The van der Waals surface area contributed by atoms with E-state index in [1.165, 1.54) is 0 Å². The number of hydrogen-bond donors (Lipinski definition) is 1. The summed E-state index contributed by atoms with van der Waals surface area (Å²) in [5.74, 6) is 0.318. The summed E-state index contributed by atoms with van der Waals surface area (Å²) in [6.07, 6.45) is 2.06. The van der Waals surface area contributed by atoms with E-state index in [-0.39, 0.29) is 5.54 Å². The maximum atomic E-state index is 12.4. The van der Waals surface area contributed by atoms with Gasteiger partial charge >= 0.3 is 5.91 Å². The topological polar surface area (TPSA) is 32.3 Å². The van der Waals surface area contributed by atoms with Gasteiger partial charge in [-0.15, -0.1) is 0 Å².